The van der Waals surface area contributed by atoms with Gasteiger partial charge in [0.2, 0.25) is 0 Å². The lowest BCUT2D eigenvalue weighted by Crippen LogP contribution is -2.45. The van der Waals surface area contributed by atoms with Crippen molar-refractivity contribution in [1.29, 1.82) is 0 Å². The molecule has 1 aromatic carbocycles. The highest BCUT2D eigenvalue weighted by molar-refractivity contribution is 5.35. The van der Waals surface area contributed by atoms with Crippen LogP contribution >= 0.6 is 0 Å². The lowest BCUT2D eigenvalue weighted by atomic mass is 9.72. The van der Waals surface area contributed by atoms with Gasteiger partial charge >= 0.3 is 0 Å². The molecule has 0 aliphatic carbocycles. The number of aromatic hydroxyl groups is 1. The molecule has 1 fully saturated rings. The fourth-order valence-electron chi connectivity index (χ4n) is 3.15. The number of rotatable bonds is 2. The summed E-state index contributed by atoms with van der Waals surface area (Å²) in [7, 11) is 2.10. The Balaban J connectivity index is 2.43. The highest BCUT2D eigenvalue weighted by atomic mass is 16.3. The second-order valence-corrected chi connectivity index (χ2v) is 5.46. The molecule has 0 unspecified atom stereocenters. The van der Waals surface area contributed by atoms with Gasteiger partial charge < -0.3 is 15.1 Å². The lowest BCUT2D eigenvalue weighted by Gasteiger charge is -2.38. The van der Waals surface area contributed by atoms with Crippen LogP contribution in [-0.4, -0.2) is 41.4 Å². The Morgan fingerprint density at radius 3 is 2.89 bits per heavy atom. The Morgan fingerprint density at radius 1 is 1.44 bits per heavy atom. The minimum Gasteiger partial charge on any atom is -0.508 e. The zero-order valence-electron chi connectivity index (χ0n) is 11.3. The summed E-state index contributed by atoms with van der Waals surface area (Å²) in [5, 5.41) is 20.2. The zero-order valence-corrected chi connectivity index (χ0v) is 11.3. The van der Waals surface area contributed by atoms with Crippen LogP contribution in [0.3, 0.4) is 0 Å². The summed E-state index contributed by atoms with van der Waals surface area (Å²) in [6, 6.07) is 7.36. The van der Waals surface area contributed by atoms with Crippen molar-refractivity contribution in [3.05, 3.63) is 29.8 Å². The summed E-state index contributed by atoms with van der Waals surface area (Å²) in [4.78, 5) is 2.28. The van der Waals surface area contributed by atoms with Gasteiger partial charge in [-0.25, -0.2) is 0 Å². The molecule has 0 saturated carbocycles. The Labute approximate surface area is 109 Å². The van der Waals surface area contributed by atoms with Crippen LogP contribution in [-0.2, 0) is 5.41 Å². The van der Waals surface area contributed by atoms with Gasteiger partial charge in [-0.1, -0.05) is 19.1 Å². The number of hydrogen-bond donors (Lipinski definition) is 2. The third kappa shape index (κ3) is 2.38. The summed E-state index contributed by atoms with van der Waals surface area (Å²) in [5.74, 6) is 0.277. The summed E-state index contributed by atoms with van der Waals surface area (Å²) >= 11 is 0. The van der Waals surface area contributed by atoms with E-state index in [2.05, 4.69) is 18.9 Å². The standard InChI is InChI=1S/C15H23NO2/c1-3-15(12-6-4-7-13(17)10-12)11-16(2)9-5-8-14(15)18/h4,6-7,10,14,17-18H,3,5,8-9,11H2,1-2H3/t14-,15+/m0/s1. The first-order valence-electron chi connectivity index (χ1n) is 6.74. The van der Waals surface area contributed by atoms with Gasteiger partial charge in [0, 0.05) is 12.0 Å². The van der Waals surface area contributed by atoms with Crippen LogP contribution in [0, 0.1) is 0 Å². The van der Waals surface area contributed by atoms with Crippen molar-refractivity contribution in [3.8, 4) is 5.75 Å². The maximum atomic E-state index is 10.6. The molecule has 2 rings (SSSR count). The van der Waals surface area contributed by atoms with Gasteiger partial charge in [0.25, 0.3) is 0 Å². The normalized spacial score (nSPS) is 30.1. The van der Waals surface area contributed by atoms with Crippen molar-refractivity contribution >= 4 is 0 Å². The highest BCUT2D eigenvalue weighted by Gasteiger charge is 2.40. The Kier molecular flexibility index (Phi) is 3.93. The Bertz CT molecular complexity index is 407. The average molecular weight is 249 g/mol. The summed E-state index contributed by atoms with van der Waals surface area (Å²) in [5.41, 5.74) is 0.788. The van der Waals surface area contributed by atoms with Gasteiger partial charge in [-0.05, 0) is 50.6 Å². The predicted octanol–water partition coefficient (Wildman–Crippen LogP) is 2.13. The highest BCUT2D eigenvalue weighted by Crippen LogP contribution is 2.37. The first-order chi connectivity index (χ1) is 8.58. The number of likely N-dealkylation sites (N-methyl/N-ethyl adjacent to an activating group) is 1. The molecule has 1 aromatic rings. The third-order valence-corrected chi connectivity index (χ3v) is 4.26. The molecule has 1 aliphatic heterocycles. The van der Waals surface area contributed by atoms with Gasteiger partial charge in [0.05, 0.1) is 6.10 Å². The number of aliphatic hydroxyl groups is 1. The minimum absolute atomic E-state index is 0.260. The molecule has 2 atom stereocenters. The molecule has 0 spiro atoms. The van der Waals surface area contributed by atoms with E-state index in [0.717, 1.165) is 37.9 Å². The van der Waals surface area contributed by atoms with Gasteiger partial charge in [-0.15, -0.1) is 0 Å². The molecule has 3 heteroatoms. The number of benzene rings is 1. The molecular weight excluding hydrogens is 226 g/mol. The summed E-state index contributed by atoms with van der Waals surface area (Å²) in [6.07, 6.45) is 2.39. The average Bonchev–Trinajstić information content (AvgIpc) is 2.49. The van der Waals surface area contributed by atoms with E-state index in [4.69, 9.17) is 0 Å². The number of likely N-dealkylation sites (tertiary alicyclic amines) is 1. The van der Waals surface area contributed by atoms with Crippen LogP contribution < -0.4 is 0 Å². The van der Waals surface area contributed by atoms with E-state index < -0.39 is 0 Å². The van der Waals surface area contributed by atoms with Crippen LogP contribution in [0.2, 0.25) is 0 Å². The lowest BCUT2D eigenvalue weighted by molar-refractivity contribution is 0.0652. The molecule has 3 nitrogen and oxygen atoms in total. The largest absolute Gasteiger partial charge is 0.508 e. The SMILES string of the molecule is CC[C@]1(c2cccc(O)c2)CN(C)CCC[C@@H]1O. The number of hydrogen-bond acceptors (Lipinski definition) is 3. The Hall–Kier alpha value is -1.06. The summed E-state index contributed by atoms with van der Waals surface area (Å²) in [6.45, 7) is 3.98. The van der Waals surface area contributed by atoms with E-state index in [-0.39, 0.29) is 17.3 Å². The predicted molar refractivity (Wildman–Crippen MR) is 72.8 cm³/mol. The van der Waals surface area contributed by atoms with E-state index in [1.807, 2.05) is 12.1 Å². The Morgan fingerprint density at radius 2 is 2.22 bits per heavy atom. The molecule has 0 bridgehead atoms. The number of nitrogens with zero attached hydrogens (tertiary/aromatic N) is 1. The summed E-state index contributed by atoms with van der Waals surface area (Å²) < 4.78 is 0. The quantitative estimate of drug-likeness (QED) is 0.844. The molecule has 1 saturated heterocycles. The molecule has 2 N–H and O–H groups in total. The fraction of sp³-hybridized carbons (Fsp3) is 0.600. The first kappa shape index (κ1) is 13.4. The zero-order chi connectivity index (χ0) is 13.2. The van der Waals surface area contributed by atoms with Crippen molar-refractivity contribution in [3.63, 3.8) is 0 Å². The molecule has 1 aliphatic rings. The maximum absolute atomic E-state index is 10.6. The molecule has 0 aromatic heterocycles. The van der Waals surface area contributed by atoms with Crippen LogP contribution in [0.25, 0.3) is 0 Å². The van der Waals surface area contributed by atoms with Crippen LogP contribution in [0.15, 0.2) is 24.3 Å². The van der Waals surface area contributed by atoms with Crippen molar-refractivity contribution in [2.24, 2.45) is 0 Å². The van der Waals surface area contributed by atoms with Gasteiger partial charge in [-0.3, -0.25) is 0 Å². The van der Waals surface area contributed by atoms with Crippen LogP contribution in [0.4, 0.5) is 0 Å². The molecule has 0 radical (unpaired) electrons. The number of aliphatic hydroxyl groups excluding tert-OH is 1. The van der Waals surface area contributed by atoms with E-state index in [1.165, 1.54) is 0 Å². The van der Waals surface area contributed by atoms with E-state index in [1.54, 1.807) is 12.1 Å². The van der Waals surface area contributed by atoms with Crippen LogP contribution in [0.1, 0.15) is 31.7 Å². The van der Waals surface area contributed by atoms with Gasteiger partial charge in [0.15, 0.2) is 0 Å². The van der Waals surface area contributed by atoms with Crippen molar-refractivity contribution in [2.45, 2.75) is 37.7 Å². The van der Waals surface area contributed by atoms with E-state index in [9.17, 15) is 10.2 Å². The number of phenols is 1. The maximum Gasteiger partial charge on any atom is 0.115 e. The van der Waals surface area contributed by atoms with Crippen molar-refractivity contribution in [2.75, 3.05) is 20.1 Å². The second-order valence-electron chi connectivity index (χ2n) is 5.46. The van der Waals surface area contributed by atoms with Crippen molar-refractivity contribution < 1.29 is 10.2 Å². The van der Waals surface area contributed by atoms with Gasteiger partial charge in [-0.2, -0.15) is 0 Å². The molecule has 1 heterocycles. The molecule has 0 amide bonds. The van der Waals surface area contributed by atoms with E-state index >= 15 is 0 Å². The number of phenolic OH excluding ortho intramolecular Hbond substituents is 1. The monoisotopic (exact) mass is 249 g/mol. The molecule has 18 heavy (non-hydrogen) atoms. The van der Waals surface area contributed by atoms with Crippen LogP contribution in [0.5, 0.6) is 5.75 Å². The second kappa shape index (κ2) is 5.29. The molecular formula is C15H23NO2. The topological polar surface area (TPSA) is 43.7 Å². The van der Waals surface area contributed by atoms with Crippen molar-refractivity contribution in [1.82, 2.24) is 4.90 Å². The fourth-order valence-corrected chi connectivity index (χ4v) is 3.15. The van der Waals surface area contributed by atoms with Gasteiger partial charge in [0.1, 0.15) is 5.75 Å². The molecule has 100 valence electrons. The van der Waals surface area contributed by atoms with E-state index in [0.29, 0.717) is 0 Å². The minimum atomic E-state index is -0.339. The smallest absolute Gasteiger partial charge is 0.115 e. The first-order valence-corrected chi connectivity index (χ1v) is 6.74. The third-order valence-electron chi connectivity index (χ3n) is 4.26.